The van der Waals surface area contributed by atoms with Crippen molar-refractivity contribution < 1.29 is 5.48 Å². The van der Waals surface area contributed by atoms with Gasteiger partial charge in [-0.15, -0.1) is 0 Å². The molecule has 0 saturated carbocycles. The van der Waals surface area contributed by atoms with E-state index in [-0.39, 0.29) is 5.48 Å². The van der Waals surface area contributed by atoms with Crippen LogP contribution in [0.2, 0.25) is 0 Å². The molecule has 1 aliphatic rings. The van der Waals surface area contributed by atoms with Crippen molar-refractivity contribution in [2.45, 2.75) is 19.3 Å². The number of benzene rings is 1. The summed E-state index contributed by atoms with van der Waals surface area (Å²) in [5.41, 5.74) is 6.18. The summed E-state index contributed by atoms with van der Waals surface area (Å²) in [5, 5.41) is 3.28. The van der Waals surface area contributed by atoms with E-state index in [2.05, 4.69) is 5.32 Å². The average Bonchev–Trinajstić information content (AvgIpc) is 2.22. The number of nitrogens with two attached hydrogens (primary N) is 1. The van der Waals surface area contributed by atoms with Crippen LogP contribution in [0.3, 0.4) is 0 Å². The van der Waals surface area contributed by atoms with Crippen LogP contribution in [0, 0.1) is 0 Å². The zero-order valence-corrected chi connectivity index (χ0v) is 8.50. The normalized spacial score (nSPS) is 14.6. The number of nitrogen functional groups attached to an aromatic ring is 1. The molecule has 0 bridgehead atoms. The molecule has 1 aromatic rings. The monoisotopic (exact) mass is 196 g/mol. The summed E-state index contributed by atoms with van der Waals surface area (Å²) in [6.45, 7) is 2.50. The lowest BCUT2D eigenvalue weighted by atomic mass is 10.2. The predicted octanol–water partition coefficient (Wildman–Crippen LogP) is 1.20. The summed E-state index contributed by atoms with van der Waals surface area (Å²) in [6, 6.07) is 9.49. The molecule has 5 N–H and O–H groups in total. The number of hydrogen-bond acceptors (Lipinski definition) is 2. The van der Waals surface area contributed by atoms with Crippen LogP contribution < -0.4 is 11.1 Å². The average molecular weight is 196 g/mol. The molecule has 0 atom stereocenters. The Morgan fingerprint density at radius 3 is 1.71 bits per heavy atom. The molecule has 1 aromatic carbocycles. The van der Waals surface area contributed by atoms with Gasteiger partial charge in [0.15, 0.2) is 0 Å². The summed E-state index contributed by atoms with van der Waals surface area (Å²) >= 11 is 0. The van der Waals surface area contributed by atoms with Crippen LogP contribution in [0.1, 0.15) is 19.3 Å². The third-order valence-electron chi connectivity index (χ3n) is 2.01. The first-order chi connectivity index (χ1) is 6.39. The van der Waals surface area contributed by atoms with Crippen LogP contribution in [0.25, 0.3) is 0 Å². The highest BCUT2D eigenvalue weighted by atomic mass is 16.0. The quantitative estimate of drug-likeness (QED) is 0.612. The number of piperidine rings is 1. The summed E-state index contributed by atoms with van der Waals surface area (Å²) in [6.07, 6.45) is 4.22. The van der Waals surface area contributed by atoms with Crippen molar-refractivity contribution in [1.82, 2.24) is 5.32 Å². The Labute approximate surface area is 85.6 Å². The van der Waals surface area contributed by atoms with Crippen molar-refractivity contribution in [2.75, 3.05) is 18.8 Å². The smallest absolute Gasteiger partial charge is 0.0313 e. The van der Waals surface area contributed by atoms with Crippen molar-refractivity contribution >= 4 is 5.69 Å². The van der Waals surface area contributed by atoms with Gasteiger partial charge < -0.3 is 16.5 Å². The van der Waals surface area contributed by atoms with Gasteiger partial charge in [0.1, 0.15) is 0 Å². The zero-order chi connectivity index (χ0) is 9.36. The topological polar surface area (TPSA) is 69.5 Å². The standard InChI is InChI=1S/C6H7N.C5H11N.H2O/c7-6-4-2-1-3-5-6;1-2-4-6-5-3-1;/h1-5H,7H2;6H,1-5H2;1H2. The van der Waals surface area contributed by atoms with Gasteiger partial charge in [0.2, 0.25) is 0 Å². The highest BCUT2D eigenvalue weighted by Gasteiger charge is 1.93. The minimum Gasteiger partial charge on any atom is -0.412 e. The van der Waals surface area contributed by atoms with Crippen LogP contribution in [0.4, 0.5) is 5.69 Å². The maximum absolute atomic E-state index is 5.36. The second kappa shape index (κ2) is 8.53. The Bertz CT molecular complexity index is 198. The minimum atomic E-state index is 0. The highest BCUT2D eigenvalue weighted by Crippen LogP contribution is 1.96. The lowest BCUT2D eigenvalue weighted by molar-refractivity contribution is 0.520. The molecule has 80 valence electrons. The van der Waals surface area contributed by atoms with Gasteiger partial charge in [-0.3, -0.25) is 0 Å². The van der Waals surface area contributed by atoms with Gasteiger partial charge in [-0.25, -0.2) is 0 Å². The zero-order valence-electron chi connectivity index (χ0n) is 8.50. The molecule has 1 heterocycles. The Balaban J connectivity index is 0.000000227. The first-order valence-corrected chi connectivity index (χ1v) is 4.91. The predicted molar refractivity (Wildman–Crippen MR) is 61.2 cm³/mol. The Morgan fingerprint density at radius 1 is 0.929 bits per heavy atom. The Hall–Kier alpha value is -1.06. The molecule has 0 spiro atoms. The van der Waals surface area contributed by atoms with E-state index in [1.165, 1.54) is 32.4 Å². The summed E-state index contributed by atoms with van der Waals surface area (Å²) in [7, 11) is 0. The van der Waals surface area contributed by atoms with E-state index >= 15 is 0 Å². The van der Waals surface area contributed by atoms with Crippen LogP contribution in [0.5, 0.6) is 0 Å². The van der Waals surface area contributed by atoms with Crippen molar-refractivity contribution in [1.29, 1.82) is 0 Å². The molecule has 0 unspecified atom stereocenters. The van der Waals surface area contributed by atoms with E-state index in [4.69, 9.17) is 5.73 Å². The molecular formula is C11H20N2O. The lowest BCUT2D eigenvalue weighted by Crippen LogP contribution is -2.21. The fourth-order valence-electron chi connectivity index (χ4n) is 1.25. The molecule has 0 aliphatic carbocycles. The largest absolute Gasteiger partial charge is 0.412 e. The van der Waals surface area contributed by atoms with Gasteiger partial charge in [-0.1, -0.05) is 24.6 Å². The van der Waals surface area contributed by atoms with Crippen LogP contribution in [0.15, 0.2) is 30.3 Å². The lowest BCUT2D eigenvalue weighted by Gasteiger charge is -2.08. The van der Waals surface area contributed by atoms with E-state index < -0.39 is 0 Å². The number of nitrogens with one attached hydrogen (secondary N) is 1. The van der Waals surface area contributed by atoms with Gasteiger partial charge in [0, 0.05) is 5.69 Å². The number of rotatable bonds is 0. The van der Waals surface area contributed by atoms with Crippen LogP contribution >= 0.6 is 0 Å². The Morgan fingerprint density at radius 2 is 1.50 bits per heavy atom. The third kappa shape index (κ3) is 6.46. The summed E-state index contributed by atoms with van der Waals surface area (Å²) < 4.78 is 0. The molecule has 0 aromatic heterocycles. The molecule has 1 aliphatic heterocycles. The van der Waals surface area contributed by atoms with Crippen LogP contribution in [-0.4, -0.2) is 18.6 Å². The molecule has 3 heteroatoms. The molecule has 1 fully saturated rings. The van der Waals surface area contributed by atoms with E-state index in [0.29, 0.717) is 0 Å². The number of hydrogen-bond donors (Lipinski definition) is 2. The first kappa shape index (κ1) is 12.9. The highest BCUT2D eigenvalue weighted by molar-refractivity contribution is 5.35. The molecule has 0 radical (unpaired) electrons. The number of anilines is 1. The first-order valence-electron chi connectivity index (χ1n) is 4.91. The molecular weight excluding hydrogens is 176 g/mol. The van der Waals surface area contributed by atoms with Crippen molar-refractivity contribution in [3.63, 3.8) is 0 Å². The van der Waals surface area contributed by atoms with Crippen LogP contribution in [-0.2, 0) is 0 Å². The fourth-order valence-corrected chi connectivity index (χ4v) is 1.25. The molecule has 1 saturated heterocycles. The third-order valence-corrected chi connectivity index (χ3v) is 2.01. The van der Waals surface area contributed by atoms with E-state index in [1.54, 1.807) is 0 Å². The maximum Gasteiger partial charge on any atom is 0.0313 e. The van der Waals surface area contributed by atoms with E-state index in [1.807, 2.05) is 30.3 Å². The van der Waals surface area contributed by atoms with Crippen molar-refractivity contribution in [3.8, 4) is 0 Å². The molecule has 0 amide bonds. The minimum absolute atomic E-state index is 0. The molecule has 2 rings (SSSR count). The van der Waals surface area contributed by atoms with Gasteiger partial charge in [-0.2, -0.15) is 0 Å². The van der Waals surface area contributed by atoms with Crippen molar-refractivity contribution in [3.05, 3.63) is 30.3 Å². The number of para-hydroxylation sites is 1. The van der Waals surface area contributed by atoms with Gasteiger partial charge in [0.25, 0.3) is 0 Å². The van der Waals surface area contributed by atoms with Gasteiger partial charge >= 0.3 is 0 Å². The Kier molecular flexibility index (Phi) is 7.89. The van der Waals surface area contributed by atoms with Crippen molar-refractivity contribution in [2.24, 2.45) is 0 Å². The summed E-state index contributed by atoms with van der Waals surface area (Å²) in [5.74, 6) is 0. The summed E-state index contributed by atoms with van der Waals surface area (Å²) in [4.78, 5) is 0. The second-order valence-corrected chi connectivity index (χ2v) is 3.22. The van der Waals surface area contributed by atoms with Gasteiger partial charge in [0.05, 0.1) is 0 Å². The van der Waals surface area contributed by atoms with Gasteiger partial charge in [-0.05, 0) is 38.1 Å². The molecule has 3 nitrogen and oxygen atoms in total. The SMILES string of the molecule is C1CCNCC1.Nc1ccccc1.O. The second-order valence-electron chi connectivity index (χ2n) is 3.22. The van der Waals surface area contributed by atoms with E-state index in [0.717, 1.165) is 5.69 Å². The van der Waals surface area contributed by atoms with E-state index in [9.17, 15) is 0 Å². The maximum atomic E-state index is 5.36. The molecule has 14 heavy (non-hydrogen) atoms. The fraction of sp³-hybridized carbons (Fsp3) is 0.455.